The van der Waals surface area contributed by atoms with Crippen molar-refractivity contribution < 1.29 is 0 Å². The van der Waals surface area contributed by atoms with Crippen molar-refractivity contribution in [1.82, 2.24) is 14.9 Å². The van der Waals surface area contributed by atoms with E-state index in [1.807, 2.05) is 26.2 Å². The Morgan fingerprint density at radius 1 is 1.11 bits per heavy atom. The Morgan fingerprint density at radius 3 is 2.39 bits per heavy atom. The number of nitrogens with zero attached hydrogens (tertiary/aromatic N) is 5. The number of hydrogen-bond acceptors (Lipinski definition) is 4. The van der Waals surface area contributed by atoms with Crippen molar-refractivity contribution in [3.8, 4) is 0 Å². The Morgan fingerprint density at radius 2 is 1.78 bits per heavy atom. The topological polar surface area (TPSA) is 46.3 Å². The molecule has 5 heteroatoms. The highest BCUT2D eigenvalue weighted by Gasteiger charge is 1.92. The molecule has 0 aliphatic carbocycles. The molecule has 92 valence electrons. The van der Waals surface area contributed by atoms with Crippen LogP contribution >= 0.6 is 0 Å². The lowest BCUT2D eigenvalue weighted by atomic mass is 10.2. The summed E-state index contributed by atoms with van der Waals surface area (Å²) < 4.78 is 1.54. The summed E-state index contributed by atoms with van der Waals surface area (Å²) in [6, 6.07) is 8.30. The van der Waals surface area contributed by atoms with Gasteiger partial charge in [0.15, 0.2) is 0 Å². The Hall–Kier alpha value is -2.43. The van der Waals surface area contributed by atoms with E-state index in [4.69, 9.17) is 0 Å². The van der Waals surface area contributed by atoms with Crippen LogP contribution in [0.3, 0.4) is 0 Å². The largest absolute Gasteiger partial charge is 0.378 e. The van der Waals surface area contributed by atoms with Gasteiger partial charge < -0.3 is 4.90 Å². The first-order valence-corrected chi connectivity index (χ1v) is 5.59. The second-order valence-electron chi connectivity index (χ2n) is 3.95. The molecule has 0 unspecified atom stereocenters. The maximum Gasteiger partial charge on any atom is 0.141 e. The molecule has 0 amide bonds. The van der Waals surface area contributed by atoms with E-state index in [1.54, 1.807) is 10.9 Å². The highest BCUT2D eigenvalue weighted by molar-refractivity contribution is 5.78. The summed E-state index contributed by atoms with van der Waals surface area (Å²) in [7, 11) is 4.05. The zero-order valence-electron chi connectivity index (χ0n) is 10.4. The van der Waals surface area contributed by atoms with Crippen LogP contribution in [0.4, 0.5) is 5.69 Å². The van der Waals surface area contributed by atoms with Crippen LogP contribution in [-0.4, -0.2) is 35.2 Å². The average Bonchev–Trinajstić information content (AvgIpc) is 2.88. The van der Waals surface area contributed by atoms with Gasteiger partial charge in [0.25, 0.3) is 0 Å². The van der Waals surface area contributed by atoms with Crippen molar-refractivity contribution in [2.75, 3.05) is 19.0 Å². The molecule has 0 atom stereocenters. The Labute approximate surface area is 106 Å². The van der Waals surface area contributed by atoms with Gasteiger partial charge in [-0.05, 0) is 23.8 Å². The lowest BCUT2D eigenvalue weighted by Gasteiger charge is -2.11. The molecular formula is C13H15N5. The van der Waals surface area contributed by atoms with Gasteiger partial charge in [0.05, 0.1) is 0 Å². The molecule has 0 aliphatic heterocycles. The third kappa shape index (κ3) is 3.28. The lowest BCUT2D eigenvalue weighted by molar-refractivity contribution is 0.879. The first-order valence-electron chi connectivity index (χ1n) is 5.59. The van der Waals surface area contributed by atoms with Crippen LogP contribution in [0.25, 0.3) is 6.08 Å². The summed E-state index contributed by atoms with van der Waals surface area (Å²) >= 11 is 0. The molecule has 1 heterocycles. The van der Waals surface area contributed by atoms with Crippen LogP contribution in [0.5, 0.6) is 0 Å². The molecule has 0 saturated heterocycles. The molecule has 5 nitrogen and oxygen atoms in total. The zero-order chi connectivity index (χ0) is 12.8. The Kier molecular flexibility index (Phi) is 3.86. The fraction of sp³-hybridized carbons (Fsp3) is 0.154. The van der Waals surface area contributed by atoms with E-state index in [2.05, 4.69) is 44.5 Å². The van der Waals surface area contributed by atoms with Crippen LogP contribution in [0.1, 0.15) is 5.56 Å². The predicted molar refractivity (Wildman–Crippen MR) is 73.7 cm³/mol. The third-order valence-electron chi connectivity index (χ3n) is 2.39. The number of benzene rings is 1. The molecule has 0 aliphatic rings. The van der Waals surface area contributed by atoms with Crippen LogP contribution in [0, 0.1) is 0 Å². The van der Waals surface area contributed by atoms with Gasteiger partial charge >= 0.3 is 0 Å². The van der Waals surface area contributed by atoms with E-state index in [0.29, 0.717) is 0 Å². The van der Waals surface area contributed by atoms with E-state index < -0.39 is 0 Å². The van der Waals surface area contributed by atoms with Gasteiger partial charge in [0, 0.05) is 26.0 Å². The Balaban J connectivity index is 1.97. The summed E-state index contributed by atoms with van der Waals surface area (Å²) in [6.07, 6.45) is 8.65. The number of hydrogen-bond donors (Lipinski definition) is 0. The highest BCUT2D eigenvalue weighted by Crippen LogP contribution is 2.12. The molecule has 0 bridgehead atoms. The van der Waals surface area contributed by atoms with Gasteiger partial charge in [-0.25, -0.2) is 4.68 Å². The Bertz CT molecular complexity index is 523. The molecule has 2 rings (SSSR count). The van der Waals surface area contributed by atoms with Gasteiger partial charge in [-0.3, -0.25) is 0 Å². The van der Waals surface area contributed by atoms with E-state index in [1.165, 1.54) is 18.3 Å². The van der Waals surface area contributed by atoms with E-state index in [-0.39, 0.29) is 0 Å². The fourth-order valence-electron chi connectivity index (χ4n) is 1.41. The zero-order valence-corrected chi connectivity index (χ0v) is 10.4. The molecule has 18 heavy (non-hydrogen) atoms. The minimum absolute atomic E-state index is 1.14. The van der Waals surface area contributed by atoms with Crippen molar-refractivity contribution in [3.63, 3.8) is 0 Å². The minimum atomic E-state index is 1.14. The molecule has 0 N–H and O–H groups in total. The predicted octanol–water partition coefficient (Wildman–Crippen LogP) is 1.89. The SMILES string of the molecule is CN(C)c1ccc(/C=C/C=N\n2cnnc2)cc1. The second-order valence-corrected chi connectivity index (χ2v) is 3.95. The fourth-order valence-corrected chi connectivity index (χ4v) is 1.41. The van der Waals surface area contributed by atoms with Crippen molar-refractivity contribution in [2.45, 2.75) is 0 Å². The number of allylic oxidation sites excluding steroid dienone is 1. The molecular weight excluding hydrogens is 226 g/mol. The van der Waals surface area contributed by atoms with Crippen LogP contribution in [0.2, 0.25) is 0 Å². The van der Waals surface area contributed by atoms with E-state index in [0.717, 1.165) is 5.56 Å². The summed E-state index contributed by atoms with van der Waals surface area (Å²) in [4.78, 5) is 2.07. The maximum absolute atomic E-state index is 4.10. The molecule has 0 spiro atoms. The summed E-state index contributed by atoms with van der Waals surface area (Å²) in [5.74, 6) is 0. The van der Waals surface area contributed by atoms with Crippen molar-refractivity contribution in [3.05, 3.63) is 48.6 Å². The average molecular weight is 241 g/mol. The van der Waals surface area contributed by atoms with Crippen LogP contribution < -0.4 is 4.90 Å². The normalized spacial score (nSPS) is 11.4. The number of anilines is 1. The molecule has 1 aromatic carbocycles. The van der Waals surface area contributed by atoms with Crippen LogP contribution in [0.15, 0.2) is 48.1 Å². The van der Waals surface area contributed by atoms with Gasteiger partial charge in [-0.15, -0.1) is 10.2 Å². The quantitative estimate of drug-likeness (QED) is 0.768. The second kappa shape index (κ2) is 5.77. The first-order chi connectivity index (χ1) is 8.75. The number of aromatic nitrogens is 3. The van der Waals surface area contributed by atoms with Gasteiger partial charge in [-0.2, -0.15) is 5.10 Å². The van der Waals surface area contributed by atoms with Gasteiger partial charge in [0.2, 0.25) is 0 Å². The summed E-state index contributed by atoms with van der Waals surface area (Å²) in [5, 5.41) is 11.4. The first kappa shape index (κ1) is 12.0. The van der Waals surface area contributed by atoms with E-state index >= 15 is 0 Å². The standard InChI is InChI=1S/C13H15N5/c1-17(2)13-7-5-12(6-8-13)4-3-9-16-18-10-14-15-11-18/h3-11H,1-2H3/b4-3+,16-9-. The number of rotatable bonds is 4. The molecule has 0 saturated carbocycles. The molecule has 1 aromatic heterocycles. The maximum atomic E-state index is 4.10. The molecule has 2 aromatic rings. The monoisotopic (exact) mass is 241 g/mol. The summed E-state index contributed by atoms with van der Waals surface area (Å²) in [6.45, 7) is 0. The minimum Gasteiger partial charge on any atom is -0.378 e. The van der Waals surface area contributed by atoms with Crippen LogP contribution in [-0.2, 0) is 0 Å². The third-order valence-corrected chi connectivity index (χ3v) is 2.39. The summed E-state index contributed by atoms with van der Waals surface area (Å²) in [5.41, 5.74) is 2.32. The molecule has 0 fully saturated rings. The van der Waals surface area contributed by atoms with E-state index in [9.17, 15) is 0 Å². The van der Waals surface area contributed by atoms with Gasteiger partial charge in [0.1, 0.15) is 12.7 Å². The van der Waals surface area contributed by atoms with Crippen molar-refractivity contribution >= 4 is 18.0 Å². The van der Waals surface area contributed by atoms with Gasteiger partial charge in [-0.1, -0.05) is 18.2 Å². The smallest absolute Gasteiger partial charge is 0.141 e. The lowest BCUT2D eigenvalue weighted by Crippen LogP contribution is -2.07. The van der Waals surface area contributed by atoms with Crippen molar-refractivity contribution in [2.24, 2.45) is 5.10 Å². The molecule has 0 radical (unpaired) electrons. The highest BCUT2D eigenvalue weighted by atomic mass is 15.4. The van der Waals surface area contributed by atoms with Crippen molar-refractivity contribution in [1.29, 1.82) is 0 Å².